The van der Waals surface area contributed by atoms with Crippen molar-refractivity contribution in [2.45, 2.75) is 31.7 Å². The lowest BCUT2D eigenvalue weighted by Crippen LogP contribution is -2.29. The van der Waals surface area contributed by atoms with Gasteiger partial charge in [0.25, 0.3) is 5.91 Å². The molecule has 0 bridgehead atoms. The van der Waals surface area contributed by atoms with Crippen LogP contribution in [0.2, 0.25) is 0 Å². The van der Waals surface area contributed by atoms with E-state index in [0.29, 0.717) is 27.9 Å². The Morgan fingerprint density at radius 2 is 1.86 bits per heavy atom. The van der Waals surface area contributed by atoms with Crippen LogP contribution in [0, 0.1) is 18.3 Å². The van der Waals surface area contributed by atoms with E-state index in [-0.39, 0.29) is 5.91 Å². The number of aryl methyl sites for hydroxylation is 1. The molecule has 1 N–H and O–H groups in total. The van der Waals surface area contributed by atoms with Gasteiger partial charge in [0.2, 0.25) is 0 Å². The minimum atomic E-state index is -0.0619. The summed E-state index contributed by atoms with van der Waals surface area (Å²) in [5, 5.41) is 14.3. The van der Waals surface area contributed by atoms with E-state index >= 15 is 0 Å². The van der Waals surface area contributed by atoms with Crippen LogP contribution in [0.1, 0.15) is 30.0 Å². The predicted octanol–water partition coefficient (Wildman–Crippen LogP) is 6.86. The third kappa shape index (κ3) is 5.10. The molecule has 37 heavy (non-hydrogen) atoms. The lowest BCUT2D eigenvalue weighted by Gasteiger charge is -2.17. The molecule has 8 heteroatoms. The van der Waals surface area contributed by atoms with Crippen LogP contribution in [0.5, 0.6) is 0 Å². The monoisotopic (exact) mass is 525 g/mol. The molecular weight excluding hydrogens is 498 g/mol. The second kappa shape index (κ2) is 10.8. The summed E-state index contributed by atoms with van der Waals surface area (Å²) in [7, 11) is 2.01. The van der Waals surface area contributed by atoms with Gasteiger partial charge in [0, 0.05) is 24.2 Å². The fourth-order valence-electron chi connectivity index (χ4n) is 4.16. The van der Waals surface area contributed by atoms with Crippen molar-refractivity contribution in [3.63, 3.8) is 0 Å². The summed E-state index contributed by atoms with van der Waals surface area (Å²) in [4.78, 5) is 24.4. The Balaban J connectivity index is 1.54. The van der Waals surface area contributed by atoms with E-state index in [0.717, 1.165) is 45.4 Å². The van der Waals surface area contributed by atoms with Crippen molar-refractivity contribution < 1.29 is 4.79 Å². The number of nitrogens with one attached hydrogen (secondary N) is 1. The van der Waals surface area contributed by atoms with Gasteiger partial charge in [-0.05, 0) is 66.6 Å². The van der Waals surface area contributed by atoms with Crippen LogP contribution in [0.4, 0.5) is 17.1 Å². The summed E-state index contributed by atoms with van der Waals surface area (Å²) in [5.41, 5.74) is 5.38. The van der Waals surface area contributed by atoms with Gasteiger partial charge < -0.3 is 10.2 Å². The number of rotatable bonds is 6. The molecule has 1 amide bonds. The van der Waals surface area contributed by atoms with E-state index in [1.54, 1.807) is 28.8 Å². The van der Waals surface area contributed by atoms with Gasteiger partial charge in [0.05, 0.1) is 34.6 Å². The number of hydrogen-bond donors (Lipinski definition) is 1. The van der Waals surface area contributed by atoms with Crippen LogP contribution in [0.3, 0.4) is 0 Å². The summed E-state index contributed by atoms with van der Waals surface area (Å²) in [6, 6.07) is 23.9. The highest BCUT2D eigenvalue weighted by Gasteiger charge is 2.39. The topological polar surface area (TPSA) is 71.7 Å². The molecule has 0 saturated carbocycles. The van der Waals surface area contributed by atoms with E-state index in [1.807, 2.05) is 50.4 Å². The Bertz CT molecular complexity index is 1460. The molecule has 0 unspecified atom stereocenters. The van der Waals surface area contributed by atoms with E-state index in [4.69, 9.17) is 4.99 Å². The second-order valence-electron chi connectivity index (χ2n) is 8.89. The van der Waals surface area contributed by atoms with Gasteiger partial charge in [-0.25, -0.2) is 4.99 Å². The summed E-state index contributed by atoms with van der Waals surface area (Å²) in [6.07, 6.45) is 1.06. The molecule has 6 nitrogen and oxygen atoms in total. The van der Waals surface area contributed by atoms with Crippen molar-refractivity contribution in [2.75, 3.05) is 23.8 Å². The van der Waals surface area contributed by atoms with Crippen LogP contribution >= 0.6 is 23.5 Å². The van der Waals surface area contributed by atoms with Gasteiger partial charge in [-0.1, -0.05) is 55.1 Å². The summed E-state index contributed by atoms with van der Waals surface area (Å²) >= 11 is 3.02. The number of fused-ring (bicyclic) bond motifs is 1. The van der Waals surface area contributed by atoms with Gasteiger partial charge in [0.15, 0.2) is 5.17 Å². The lowest BCUT2D eigenvalue weighted by atomic mass is 10.1. The predicted molar refractivity (Wildman–Crippen MR) is 154 cm³/mol. The molecule has 0 spiro atoms. The molecule has 2 heterocycles. The third-order valence-corrected chi connectivity index (χ3v) is 8.62. The van der Waals surface area contributed by atoms with Crippen molar-refractivity contribution in [1.29, 1.82) is 5.26 Å². The third-order valence-electron chi connectivity index (χ3n) is 6.21. The molecule has 2 aliphatic heterocycles. The number of carbonyl (C=O) groups is 1. The highest BCUT2D eigenvalue weighted by molar-refractivity contribution is 8.19. The number of amides is 1. The van der Waals surface area contributed by atoms with Crippen LogP contribution in [0.25, 0.3) is 0 Å². The van der Waals surface area contributed by atoms with Gasteiger partial charge in [0.1, 0.15) is 4.91 Å². The van der Waals surface area contributed by atoms with Crippen molar-refractivity contribution in [1.82, 2.24) is 4.90 Å². The van der Waals surface area contributed by atoms with Crippen LogP contribution in [-0.2, 0) is 11.3 Å². The smallest absolute Gasteiger partial charge is 0.269 e. The minimum absolute atomic E-state index is 0.0619. The van der Waals surface area contributed by atoms with Crippen molar-refractivity contribution >= 4 is 51.7 Å². The lowest BCUT2D eigenvalue weighted by molar-refractivity contribution is -0.122. The SMILES string of the molecule is CCCNc1ccc2c(c1)SC(=C1SC(=Nc3cc(C#N)ccc3C)N(Cc3ccccc3)C1=O)N2C. The number of benzene rings is 3. The molecule has 1 fully saturated rings. The second-order valence-corrected chi connectivity index (χ2v) is 10.9. The van der Waals surface area contributed by atoms with Crippen LogP contribution < -0.4 is 10.2 Å². The molecule has 0 atom stereocenters. The maximum Gasteiger partial charge on any atom is 0.269 e. The van der Waals surface area contributed by atoms with Gasteiger partial charge in [-0.15, -0.1) is 0 Å². The molecule has 3 aromatic carbocycles. The number of aliphatic imine (C=N–C) groups is 1. The van der Waals surface area contributed by atoms with Crippen molar-refractivity contribution in [3.05, 3.63) is 93.4 Å². The Kier molecular flexibility index (Phi) is 7.26. The Morgan fingerprint density at radius 3 is 2.62 bits per heavy atom. The number of hydrogen-bond acceptors (Lipinski definition) is 7. The van der Waals surface area contributed by atoms with Crippen molar-refractivity contribution in [3.8, 4) is 6.07 Å². The zero-order chi connectivity index (χ0) is 25.9. The zero-order valence-electron chi connectivity index (χ0n) is 21.0. The highest BCUT2D eigenvalue weighted by atomic mass is 32.2. The molecule has 2 aliphatic rings. The maximum absolute atomic E-state index is 13.9. The number of anilines is 2. The number of nitrogens with zero attached hydrogens (tertiary/aromatic N) is 4. The zero-order valence-corrected chi connectivity index (χ0v) is 22.6. The first-order chi connectivity index (χ1) is 18.0. The quantitative estimate of drug-likeness (QED) is 0.354. The first-order valence-electron chi connectivity index (χ1n) is 12.2. The Hall–Kier alpha value is -3.67. The average Bonchev–Trinajstić information content (AvgIpc) is 3.40. The van der Waals surface area contributed by atoms with Gasteiger partial charge >= 0.3 is 0 Å². The molecule has 0 aromatic heterocycles. The van der Waals surface area contributed by atoms with E-state index in [1.165, 1.54) is 11.8 Å². The van der Waals surface area contributed by atoms with Gasteiger partial charge in [-0.2, -0.15) is 5.26 Å². The fraction of sp³-hybridized carbons (Fsp3) is 0.207. The summed E-state index contributed by atoms with van der Waals surface area (Å²) in [5.74, 6) is -0.0619. The Morgan fingerprint density at radius 1 is 1.05 bits per heavy atom. The molecule has 0 radical (unpaired) electrons. The van der Waals surface area contributed by atoms with E-state index in [2.05, 4.69) is 41.4 Å². The molecule has 186 valence electrons. The van der Waals surface area contributed by atoms with Crippen LogP contribution in [-0.4, -0.2) is 29.6 Å². The highest BCUT2D eigenvalue weighted by Crippen LogP contribution is 2.51. The first kappa shape index (κ1) is 25.0. The van der Waals surface area contributed by atoms with Crippen molar-refractivity contribution in [2.24, 2.45) is 4.99 Å². The molecule has 1 saturated heterocycles. The standard InChI is InChI=1S/C29H27N5OS2/c1-4-14-31-22-12-13-24-25(16-22)36-28(33(24)3)26-27(35)34(18-20-8-6-5-7-9-20)29(37-26)32-23-15-21(17-30)11-10-19(23)2/h5-13,15-16,31H,4,14,18H2,1-3H3. The normalized spacial score (nSPS) is 17.9. The average molecular weight is 526 g/mol. The summed E-state index contributed by atoms with van der Waals surface area (Å²) in [6.45, 7) is 5.45. The molecular formula is C29H27N5OS2. The Labute approximate surface area is 226 Å². The molecule has 3 aromatic rings. The maximum atomic E-state index is 13.9. The first-order valence-corrected chi connectivity index (χ1v) is 13.8. The van der Waals surface area contributed by atoms with Gasteiger partial charge in [-0.3, -0.25) is 9.69 Å². The molecule has 0 aliphatic carbocycles. The van der Waals surface area contributed by atoms with E-state index in [9.17, 15) is 10.1 Å². The number of carbonyl (C=O) groups excluding carboxylic acids is 1. The largest absolute Gasteiger partial charge is 0.385 e. The van der Waals surface area contributed by atoms with E-state index < -0.39 is 0 Å². The number of thioether (sulfide) groups is 2. The number of amidine groups is 1. The summed E-state index contributed by atoms with van der Waals surface area (Å²) < 4.78 is 0. The molecule has 5 rings (SSSR count). The fourth-order valence-corrected chi connectivity index (χ4v) is 6.53. The minimum Gasteiger partial charge on any atom is -0.385 e. The number of nitriles is 1. The van der Waals surface area contributed by atoms with Crippen LogP contribution in [0.15, 0.2) is 86.6 Å².